The van der Waals surface area contributed by atoms with Gasteiger partial charge in [0.15, 0.2) is 11.5 Å². The van der Waals surface area contributed by atoms with Crippen molar-refractivity contribution in [3.05, 3.63) is 65.6 Å². The number of benzene rings is 2. The number of carbonyl (C=O) groups excluding carboxylic acids is 1. The second-order valence-corrected chi connectivity index (χ2v) is 6.40. The molecule has 0 unspecified atom stereocenters. The number of carbonyl (C=O) groups is 1. The highest BCUT2D eigenvalue weighted by molar-refractivity contribution is 6.04. The average Bonchev–Trinajstić information content (AvgIpc) is 3.17. The number of ether oxygens (including phenoxy) is 2. The van der Waals surface area contributed by atoms with Gasteiger partial charge in [0.25, 0.3) is 5.91 Å². The molecule has 28 heavy (non-hydrogen) atoms. The fraction of sp³-hybridized carbons (Fsp3) is 0.190. The first-order valence-electron chi connectivity index (χ1n) is 9.02. The molecule has 7 nitrogen and oxygen atoms in total. The van der Waals surface area contributed by atoms with E-state index in [1.165, 1.54) is 6.33 Å². The van der Waals surface area contributed by atoms with Crippen molar-refractivity contribution >= 4 is 23.1 Å². The lowest BCUT2D eigenvalue weighted by atomic mass is 10.1. The summed E-state index contributed by atoms with van der Waals surface area (Å²) in [5, 5.41) is 6.14. The first-order chi connectivity index (χ1) is 13.6. The summed E-state index contributed by atoms with van der Waals surface area (Å²) in [6.45, 7) is 4.25. The van der Waals surface area contributed by atoms with Gasteiger partial charge in [0.2, 0.25) is 6.79 Å². The van der Waals surface area contributed by atoms with Gasteiger partial charge in [0.1, 0.15) is 17.8 Å². The zero-order valence-electron chi connectivity index (χ0n) is 15.7. The van der Waals surface area contributed by atoms with Gasteiger partial charge in [-0.2, -0.15) is 0 Å². The molecule has 1 aromatic heterocycles. The predicted octanol–water partition coefficient (Wildman–Crippen LogP) is 4.07. The molecule has 0 spiro atoms. The molecule has 3 aromatic rings. The minimum atomic E-state index is -0.278. The van der Waals surface area contributed by atoms with Gasteiger partial charge in [-0.05, 0) is 36.6 Å². The van der Waals surface area contributed by atoms with E-state index in [0.717, 1.165) is 28.9 Å². The third-order valence-electron chi connectivity index (χ3n) is 4.52. The maximum absolute atomic E-state index is 12.7. The molecule has 1 amide bonds. The fourth-order valence-electron chi connectivity index (χ4n) is 3.05. The van der Waals surface area contributed by atoms with Gasteiger partial charge in [-0.15, -0.1) is 0 Å². The number of nitrogens with zero attached hydrogens (tertiary/aromatic N) is 2. The molecule has 0 bridgehead atoms. The van der Waals surface area contributed by atoms with Crippen LogP contribution in [0, 0.1) is 6.92 Å². The minimum absolute atomic E-state index is 0.218. The van der Waals surface area contributed by atoms with E-state index in [-0.39, 0.29) is 18.4 Å². The van der Waals surface area contributed by atoms with Crippen molar-refractivity contribution in [2.75, 3.05) is 17.4 Å². The van der Waals surface area contributed by atoms with Gasteiger partial charge in [0.05, 0.1) is 0 Å². The molecule has 1 aliphatic rings. The molecule has 0 fully saturated rings. The van der Waals surface area contributed by atoms with E-state index in [9.17, 15) is 4.79 Å². The Bertz CT molecular complexity index is 1040. The van der Waals surface area contributed by atoms with E-state index in [2.05, 4.69) is 27.5 Å². The molecule has 2 aromatic carbocycles. The van der Waals surface area contributed by atoms with Crippen LogP contribution in [-0.4, -0.2) is 22.7 Å². The van der Waals surface area contributed by atoms with Crippen LogP contribution in [0.15, 0.2) is 48.8 Å². The monoisotopic (exact) mass is 376 g/mol. The summed E-state index contributed by atoms with van der Waals surface area (Å²) in [4.78, 5) is 21.0. The van der Waals surface area contributed by atoms with Crippen LogP contribution >= 0.6 is 0 Å². The number of hydrogen-bond donors (Lipinski definition) is 2. The maximum atomic E-state index is 12.7. The number of hydrogen-bond acceptors (Lipinski definition) is 6. The molecule has 2 N–H and O–H groups in total. The Balaban J connectivity index is 1.53. The number of rotatable bonds is 5. The van der Waals surface area contributed by atoms with Crippen LogP contribution in [0.25, 0.3) is 0 Å². The van der Waals surface area contributed by atoms with Crippen LogP contribution in [0.3, 0.4) is 0 Å². The number of aryl methyl sites for hydroxylation is 2. The molecule has 7 heteroatoms. The van der Waals surface area contributed by atoms with Crippen molar-refractivity contribution in [2.24, 2.45) is 0 Å². The second-order valence-electron chi connectivity index (χ2n) is 6.40. The maximum Gasteiger partial charge on any atom is 0.274 e. The van der Waals surface area contributed by atoms with Gasteiger partial charge in [-0.25, -0.2) is 9.97 Å². The van der Waals surface area contributed by atoms with E-state index >= 15 is 0 Å². The summed E-state index contributed by atoms with van der Waals surface area (Å²) in [6, 6.07) is 13.1. The Kier molecular flexibility index (Phi) is 4.80. The van der Waals surface area contributed by atoms with Crippen molar-refractivity contribution in [3.8, 4) is 11.5 Å². The van der Waals surface area contributed by atoms with E-state index in [4.69, 9.17) is 9.47 Å². The van der Waals surface area contributed by atoms with Crippen LogP contribution in [0.2, 0.25) is 0 Å². The summed E-state index contributed by atoms with van der Waals surface area (Å²) < 4.78 is 10.7. The number of amides is 1. The molecule has 4 rings (SSSR count). The SMILES string of the molecule is CCc1cccc(C)c1NC(=O)c1cc(Nc2ccc3c(c2)OCO3)ncn1. The minimum Gasteiger partial charge on any atom is -0.454 e. The standard InChI is InChI=1S/C21H20N4O3/c1-3-14-6-4-5-13(2)20(14)25-21(26)16-10-19(23-11-22-16)24-15-7-8-17-18(9-15)28-12-27-17/h4-11H,3,12H2,1-2H3,(H,25,26)(H,22,23,24). The summed E-state index contributed by atoms with van der Waals surface area (Å²) in [5.41, 5.74) is 3.99. The lowest BCUT2D eigenvalue weighted by Gasteiger charge is -2.13. The highest BCUT2D eigenvalue weighted by Crippen LogP contribution is 2.34. The molecule has 0 aliphatic carbocycles. The number of aromatic nitrogens is 2. The van der Waals surface area contributed by atoms with Crippen molar-refractivity contribution < 1.29 is 14.3 Å². The summed E-state index contributed by atoms with van der Waals surface area (Å²) in [5.74, 6) is 1.61. The largest absolute Gasteiger partial charge is 0.454 e. The van der Waals surface area contributed by atoms with Crippen molar-refractivity contribution in [1.82, 2.24) is 9.97 Å². The number of nitrogens with one attached hydrogen (secondary N) is 2. The van der Waals surface area contributed by atoms with Crippen LogP contribution < -0.4 is 20.1 Å². The Morgan fingerprint density at radius 1 is 1.11 bits per heavy atom. The summed E-state index contributed by atoms with van der Waals surface area (Å²) in [7, 11) is 0. The highest BCUT2D eigenvalue weighted by Gasteiger charge is 2.15. The second kappa shape index (κ2) is 7.56. The number of para-hydroxylation sites is 1. The average molecular weight is 376 g/mol. The summed E-state index contributed by atoms with van der Waals surface area (Å²) >= 11 is 0. The van der Waals surface area contributed by atoms with E-state index in [1.807, 2.05) is 43.3 Å². The number of fused-ring (bicyclic) bond motifs is 1. The first-order valence-corrected chi connectivity index (χ1v) is 9.02. The fourth-order valence-corrected chi connectivity index (χ4v) is 3.05. The van der Waals surface area contributed by atoms with E-state index in [0.29, 0.717) is 17.3 Å². The molecule has 0 radical (unpaired) electrons. The van der Waals surface area contributed by atoms with Crippen LogP contribution in [0.5, 0.6) is 11.5 Å². The molecule has 0 saturated heterocycles. The van der Waals surface area contributed by atoms with E-state index in [1.54, 1.807) is 6.07 Å². The quantitative estimate of drug-likeness (QED) is 0.698. The van der Waals surface area contributed by atoms with Crippen molar-refractivity contribution in [2.45, 2.75) is 20.3 Å². The predicted molar refractivity (Wildman–Crippen MR) is 106 cm³/mol. The Labute approximate surface area is 162 Å². The Morgan fingerprint density at radius 3 is 2.82 bits per heavy atom. The molecular formula is C21H20N4O3. The van der Waals surface area contributed by atoms with Crippen LogP contribution in [-0.2, 0) is 6.42 Å². The molecule has 1 aliphatic heterocycles. The number of anilines is 3. The van der Waals surface area contributed by atoms with Crippen LogP contribution in [0.4, 0.5) is 17.2 Å². The third kappa shape index (κ3) is 3.59. The Morgan fingerprint density at radius 2 is 1.96 bits per heavy atom. The van der Waals surface area contributed by atoms with E-state index < -0.39 is 0 Å². The zero-order chi connectivity index (χ0) is 19.5. The molecular weight excluding hydrogens is 356 g/mol. The Hall–Kier alpha value is -3.61. The zero-order valence-corrected chi connectivity index (χ0v) is 15.7. The highest BCUT2D eigenvalue weighted by atomic mass is 16.7. The first kappa shape index (κ1) is 17.8. The topological polar surface area (TPSA) is 85.4 Å². The van der Waals surface area contributed by atoms with Gasteiger partial charge in [-0.1, -0.05) is 25.1 Å². The van der Waals surface area contributed by atoms with Crippen LogP contribution in [0.1, 0.15) is 28.5 Å². The van der Waals surface area contributed by atoms with Crippen molar-refractivity contribution in [3.63, 3.8) is 0 Å². The molecule has 142 valence electrons. The summed E-state index contributed by atoms with van der Waals surface area (Å²) in [6.07, 6.45) is 2.20. The third-order valence-corrected chi connectivity index (χ3v) is 4.52. The van der Waals surface area contributed by atoms with Gasteiger partial charge in [-0.3, -0.25) is 4.79 Å². The van der Waals surface area contributed by atoms with Gasteiger partial charge >= 0.3 is 0 Å². The lowest BCUT2D eigenvalue weighted by molar-refractivity contribution is 0.102. The molecule has 0 atom stereocenters. The smallest absolute Gasteiger partial charge is 0.274 e. The van der Waals surface area contributed by atoms with Crippen molar-refractivity contribution in [1.29, 1.82) is 0 Å². The molecule has 0 saturated carbocycles. The normalized spacial score (nSPS) is 11.9. The van der Waals surface area contributed by atoms with Gasteiger partial charge in [0, 0.05) is 23.5 Å². The molecule has 2 heterocycles. The lowest BCUT2D eigenvalue weighted by Crippen LogP contribution is -2.16. The van der Waals surface area contributed by atoms with Gasteiger partial charge < -0.3 is 20.1 Å².